The molecule has 0 unspecified atom stereocenters. The number of morpholine rings is 2. The number of hydrogen-bond donors (Lipinski definition) is 4. The quantitative estimate of drug-likeness (QED) is 0.184. The molecule has 2 spiro atoms. The zero-order chi connectivity index (χ0) is 55.8. The molecule has 12 heterocycles. The number of fused-ring (bicyclic) bond motifs is 10. The summed E-state index contributed by atoms with van der Waals surface area (Å²) in [4.78, 5) is 126. The minimum atomic E-state index is -1.80. The van der Waals surface area contributed by atoms with E-state index in [0.717, 1.165) is 0 Å². The Labute approximate surface area is 447 Å². The summed E-state index contributed by atoms with van der Waals surface area (Å²) < 4.78 is 66.1. The topological polar surface area (TPSA) is 338 Å². The fourth-order valence-electron chi connectivity index (χ4n) is 12.9. The minimum absolute atomic E-state index is 0.0116. The van der Waals surface area contributed by atoms with Gasteiger partial charge in [-0.2, -0.15) is 0 Å². The van der Waals surface area contributed by atoms with Gasteiger partial charge in [0.15, 0.2) is 34.1 Å². The van der Waals surface area contributed by atoms with Gasteiger partial charge >= 0.3 is 24.2 Å². The molecule has 30 heteroatoms. The number of nitrogens with one attached hydrogen (secondary N) is 4. The van der Waals surface area contributed by atoms with Crippen molar-refractivity contribution in [3.63, 3.8) is 0 Å². The van der Waals surface area contributed by atoms with Crippen molar-refractivity contribution >= 4 is 92.8 Å². The molecule has 6 saturated heterocycles. The van der Waals surface area contributed by atoms with Crippen molar-refractivity contribution < 1.29 is 75.1 Å². The molecule has 10 amide bonds. The van der Waals surface area contributed by atoms with Gasteiger partial charge in [-0.3, -0.25) is 60.4 Å². The van der Waals surface area contributed by atoms with Crippen LogP contribution in [0.4, 0.5) is 51.0 Å². The van der Waals surface area contributed by atoms with Crippen LogP contribution in [-0.2, 0) is 51.0 Å². The summed E-state index contributed by atoms with van der Waals surface area (Å²) in [7, 11) is 0. The van der Waals surface area contributed by atoms with Crippen LogP contribution in [0.15, 0.2) is 58.4 Å². The predicted molar refractivity (Wildman–Crippen MR) is 263 cm³/mol. The molecule has 6 aromatic rings. The molecule has 0 saturated carbocycles. The van der Waals surface area contributed by atoms with E-state index < -0.39 is 107 Å². The predicted octanol–water partition coefficient (Wildman–Crippen LogP) is 2.69. The first-order valence-corrected chi connectivity index (χ1v) is 25.2. The number of cyclic esters (lactones) is 2. The van der Waals surface area contributed by atoms with E-state index in [0.29, 0.717) is 22.5 Å². The second kappa shape index (κ2) is 18.1. The number of hydrogen-bond acceptors (Lipinski definition) is 22. The highest BCUT2D eigenvalue weighted by Gasteiger charge is 2.65. The molecule has 0 bridgehead atoms. The lowest BCUT2D eigenvalue weighted by atomic mass is 9.66. The molecular weight excluding hydrogens is 1060 g/mol. The van der Waals surface area contributed by atoms with Gasteiger partial charge in [-0.15, -0.1) is 0 Å². The van der Waals surface area contributed by atoms with Gasteiger partial charge < -0.3 is 37.8 Å². The van der Waals surface area contributed by atoms with Crippen LogP contribution < -0.4 is 40.9 Å². The van der Waals surface area contributed by atoms with E-state index in [-0.39, 0.29) is 96.3 Å². The lowest BCUT2D eigenvalue weighted by Crippen LogP contribution is -2.75. The molecule has 4 aromatic heterocycles. The van der Waals surface area contributed by atoms with Crippen molar-refractivity contribution in [3.05, 3.63) is 83.5 Å². The molecular formula is C50H44F2N14O14. The molecule has 8 atom stereocenters. The van der Waals surface area contributed by atoms with Gasteiger partial charge in [0.2, 0.25) is 34.8 Å². The summed E-state index contributed by atoms with van der Waals surface area (Å²) in [6.07, 6.45) is 4.85. The lowest BCUT2D eigenvalue weighted by Gasteiger charge is -2.55. The number of amides is 10. The summed E-state index contributed by atoms with van der Waals surface area (Å²) in [5.41, 5.74) is -2.27. The van der Waals surface area contributed by atoms with Crippen LogP contribution in [0, 0.1) is 22.5 Å². The Balaban J connectivity index is 0.000000151. The third-order valence-electron chi connectivity index (χ3n) is 15.9. The number of benzene rings is 2. The fourth-order valence-corrected chi connectivity index (χ4v) is 12.9. The number of rotatable bonds is 4. The van der Waals surface area contributed by atoms with Crippen molar-refractivity contribution in [2.45, 2.75) is 89.1 Å². The van der Waals surface area contributed by atoms with Crippen LogP contribution in [0.25, 0.3) is 21.9 Å². The Bertz CT molecular complexity index is 3420. The van der Waals surface area contributed by atoms with Crippen LogP contribution in [-0.4, -0.2) is 141 Å². The molecule has 2 aromatic carbocycles. The van der Waals surface area contributed by atoms with Gasteiger partial charge in [0.25, 0.3) is 0 Å². The van der Waals surface area contributed by atoms with Crippen LogP contribution in [0.2, 0.25) is 0 Å². The summed E-state index contributed by atoms with van der Waals surface area (Å²) in [6.45, 7) is 7.24. The smallest absolute Gasteiger partial charge is 0.416 e. The van der Waals surface area contributed by atoms with Crippen molar-refractivity contribution in [2.24, 2.45) is 10.8 Å². The zero-order valence-electron chi connectivity index (χ0n) is 42.4. The number of carbonyl (C=O) groups excluding carboxylic acids is 8. The molecule has 0 radical (unpaired) electrons. The summed E-state index contributed by atoms with van der Waals surface area (Å²) in [5.74, 6) is -4.75. The summed E-state index contributed by atoms with van der Waals surface area (Å²) >= 11 is 0. The first-order valence-electron chi connectivity index (χ1n) is 25.2. The average Bonchev–Trinajstić information content (AvgIpc) is 4.37. The van der Waals surface area contributed by atoms with Crippen molar-refractivity contribution in [1.29, 1.82) is 0 Å². The Morgan fingerprint density at radius 2 is 0.950 bits per heavy atom. The molecule has 6 fully saturated rings. The Morgan fingerprint density at radius 1 is 0.562 bits per heavy atom. The van der Waals surface area contributed by atoms with Crippen molar-refractivity contribution in [1.82, 2.24) is 51.5 Å². The highest BCUT2D eigenvalue weighted by atomic mass is 19.1. The van der Waals surface area contributed by atoms with Gasteiger partial charge in [-0.1, -0.05) is 10.3 Å². The number of urea groups is 2. The van der Waals surface area contributed by atoms with Crippen LogP contribution >= 0.6 is 0 Å². The van der Waals surface area contributed by atoms with E-state index in [9.17, 15) is 38.4 Å². The largest absolute Gasteiger partial charge is 0.446 e. The summed E-state index contributed by atoms with van der Waals surface area (Å²) in [6, 6.07) is -2.00. The van der Waals surface area contributed by atoms with E-state index in [1.807, 2.05) is 0 Å². The number of aromatic nitrogens is 6. The van der Waals surface area contributed by atoms with Crippen LogP contribution in [0.1, 0.15) is 62.3 Å². The first-order chi connectivity index (χ1) is 38.4. The number of nitrogens with zero attached hydrogens (tertiary/aromatic N) is 10. The van der Waals surface area contributed by atoms with Gasteiger partial charge in [0, 0.05) is 50.7 Å². The molecule has 14 rings (SSSR count). The van der Waals surface area contributed by atoms with Gasteiger partial charge in [-0.05, 0) is 51.0 Å². The molecule has 28 nitrogen and oxygen atoms in total. The molecule has 8 aliphatic rings. The Hall–Kier alpha value is -9.32. The van der Waals surface area contributed by atoms with E-state index in [4.69, 9.17) is 28.0 Å². The number of imide groups is 4. The maximum Gasteiger partial charge on any atom is 0.416 e. The summed E-state index contributed by atoms with van der Waals surface area (Å²) in [5, 5.41) is 17.1. The molecule has 80 heavy (non-hydrogen) atoms. The normalized spacial score (nSPS) is 27.4. The van der Waals surface area contributed by atoms with Crippen molar-refractivity contribution in [3.8, 4) is 0 Å². The fraction of sp³-hybridized carbons (Fsp3) is 0.400. The van der Waals surface area contributed by atoms with Gasteiger partial charge in [0.05, 0.1) is 82.4 Å². The van der Waals surface area contributed by atoms with Gasteiger partial charge in [0.1, 0.15) is 25.3 Å². The number of halogens is 2. The minimum Gasteiger partial charge on any atom is -0.446 e. The number of barbiturate groups is 2. The SMILES string of the molecule is C[C@@H]1CN2c3c(cc4c(N5C(=O)OC[C@@H]5c5cnccn5)noc4c3F)CC3(C(=O)NC(=O)NC3=O)[C@H]2[C@H](C)O1.C[C@@H]1CN2c3c(cc4c(N5C(=O)OC[C@H]5c5cnccn5)noc4c3F)CC3(C(=O)NC(=O)NC3=O)[C@H]2[C@H](C)O1. The molecule has 0 aliphatic carbocycles. The van der Waals surface area contributed by atoms with E-state index in [1.54, 1.807) is 49.6 Å². The first kappa shape index (κ1) is 50.2. The molecule has 4 N–H and O–H groups in total. The van der Waals surface area contributed by atoms with E-state index >= 15 is 8.78 Å². The van der Waals surface area contributed by atoms with Crippen LogP contribution in [0.3, 0.4) is 0 Å². The zero-order valence-corrected chi connectivity index (χ0v) is 42.4. The second-order valence-electron chi connectivity index (χ2n) is 20.6. The highest BCUT2D eigenvalue weighted by molar-refractivity contribution is 6.22. The standard InChI is InChI=1S/2C25H22FN7O7/c2*1-10-8-32-17-12(6-25(19(32)11(2)39-10)21(34)29-23(36)30-22(25)35)5-13-18(16(17)26)40-31-20(13)33-15(9-38-24(33)37)14-7-27-3-4-28-14/h2*3-5,7,10-11,15,19H,6,8-9H2,1-2H3,(H2,29,30,34,35,36)/t10-,11+,15+,19-;10-,11+,15-,19-/m11/s1. The second-order valence-corrected chi connectivity index (χ2v) is 20.6. The van der Waals surface area contributed by atoms with Crippen molar-refractivity contribution in [2.75, 3.05) is 45.9 Å². The third-order valence-corrected chi connectivity index (χ3v) is 15.9. The third kappa shape index (κ3) is 7.22. The van der Waals surface area contributed by atoms with E-state index in [1.165, 1.54) is 47.0 Å². The van der Waals surface area contributed by atoms with E-state index in [2.05, 4.69) is 51.5 Å². The number of carbonyl (C=O) groups is 8. The monoisotopic (exact) mass is 1100 g/mol. The maximum absolute atomic E-state index is 16.4. The van der Waals surface area contributed by atoms with Gasteiger partial charge in [-0.25, -0.2) is 37.8 Å². The number of anilines is 4. The van der Waals surface area contributed by atoms with Crippen LogP contribution in [0.5, 0.6) is 0 Å². The molecule has 412 valence electrons. The highest BCUT2D eigenvalue weighted by Crippen LogP contribution is 2.53. The molecule has 8 aliphatic heterocycles. The maximum atomic E-state index is 16.4. The average molecular weight is 1100 g/mol. The Kier molecular flexibility index (Phi) is 11.4. The Morgan fingerprint density at radius 3 is 1.31 bits per heavy atom. The number of ether oxygens (including phenoxy) is 4. The lowest BCUT2D eigenvalue weighted by molar-refractivity contribution is -0.154.